The average molecular weight is 274 g/mol. The fourth-order valence-electron chi connectivity index (χ4n) is 2.18. The van der Waals surface area contributed by atoms with Crippen molar-refractivity contribution < 1.29 is 9.13 Å². The van der Waals surface area contributed by atoms with E-state index in [2.05, 4.69) is 10.3 Å². The van der Waals surface area contributed by atoms with Gasteiger partial charge in [-0.15, -0.1) is 0 Å². The number of benzene rings is 1. The van der Waals surface area contributed by atoms with E-state index in [1.54, 1.807) is 12.3 Å². The quantitative estimate of drug-likeness (QED) is 0.878. The third kappa shape index (κ3) is 3.54. The van der Waals surface area contributed by atoms with Crippen molar-refractivity contribution >= 4 is 0 Å². The first-order valence-corrected chi connectivity index (χ1v) is 6.71. The predicted molar refractivity (Wildman–Crippen MR) is 77.3 cm³/mol. The maximum absolute atomic E-state index is 13.7. The van der Waals surface area contributed by atoms with E-state index >= 15 is 0 Å². The van der Waals surface area contributed by atoms with E-state index in [9.17, 15) is 4.39 Å². The molecule has 0 fully saturated rings. The average Bonchev–Trinajstić information content (AvgIpc) is 2.48. The first-order valence-electron chi connectivity index (χ1n) is 6.71. The molecule has 20 heavy (non-hydrogen) atoms. The second kappa shape index (κ2) is 7.01. The summed E-state index contributed by atoms with van der Waals surface area (Å²) >= 11 is 0. The van der Waals surface area contributed by atoms with E-state index in [1.807, 2.05) is 31.2 Å². The Labute approximate surface area is 118 Å². The van der Waals surface area contributed by atoms with Crippen LogP contribution in [-0.2, 0) is 6.42 Å². The standard InChI is InChI=1S/C16H19FN2O/c1-3-18-15(14-6-4-5-9-19-14)11-12-7-8-16(20-2)13(17)10-12/h4-10,15,18H,3,11H2,1-2H3. The van der Waals surface area contributed by atoms with Gasteiger partial charge < -0.3 is 10.1 Å². The zero-order valence-corrected chi connectivity index (χ0v) is 11.8. The second-order valence-corrected chi connectivity index (χ2v) is 4.54. The van der Waals surface area contributed by atoms with Gasteiger partial charge in [-0.1, -0.05) is 19.1 Å². The first kappa shape index (κ1) is 14.5. The van der Waals surface area contributed by atoms with Gasteiger partial charge in [0.05, 0.1) is 18.8 Å². The Kier molecular flexibility index (Phi) is 5.07. The lowest BCUT2D eigenvalue weighted by Crippen LogP contribution is -2.23. The predicted octanol–water partition coefficient (Wildman–Crippen LogP) is 3.12. The van der Waals surface area contributed by atoms with Gasteiger partial charge in [-0.05, 0) is 42.8 Å². The molecular formula is C16H19FN2O. The van der Waals surface area contributed by atoms with Crippen LogP contribution in [0, 0.1) is 5.82 Å². The smallest absolute Gasteiger partial charge is 0.165 e. The molecule has 1 unspecified atom stereocenters. The van der Waals surface area contributed by atoms with Gasteiger partial charge in [0.25, 0.3) is 0 Å². The highest BCUT2D eigenvalue weighted by Crippen LogP contribution is 2.22. The lowest BCUT2D eigenvalue weighted by molar-refractivity contribution is 0.386. The number of likely N-dealkylation sites (N-methyl/N-ethyl adjacent to an activating group) is 1. The minimum Gasteiger partial charge on any atom is -0.494 e. The van der Waals surface area contributed by atoms with E-state index in [0.29, 0.717) is 6.42 Å². The van der Waals surface area contributed by atoms with E-state index in [0.717, 1.165) is 17.8 Å². The third-order valence-corrected chi connectivity index (χ3v) is 3.15. The van der Waals surface area contributed by atoms with Gasteiger partial charge in [-0.25, -0.2) is 4.39 Å². The van der Waals surface area contributed by atoms with Gasteiger partial charge in [0, 0.05) is 6.20 Å². The van der Waals surface area contributed by atoms with Crippen LogP contribution in [0.2, 0.25) is 0 Å². The van der Waals surface area contributed by atoms with Gasteiger partial charge in [0.1, 0.15) is 0 Å². The number of nitrogens with one attached hydrogen (secondary N) is 1. The summed E-state index contributed by atoms with van der Waals surface area (Å²) in [5, 5.41) is 3.38. The molecule has 0 radical (unpaired) electrons. The van der Waals surface area contributed by atoms with Crippen molar-refractivity contribution in [3.05, 3.63) is 59.7 Å². The molecule has 0 spiro atoms. The topological polar surface area (TPSA) is 34.1 Å². The normalized spacial score (nSPS) is 12.2. The molecule has 0 aliphatic rings. The van der Waals surface area contributed by atoms with Crippen LogP contribution in [0.4, 0.5) is 4.39 Å². The van der Waals surface area contributed by atoms with Crippen LogP contribution in [0.25, 0.3) is 0 Å². The maximum atomic E-state index is 13.7. The molecule has 106 valence electrons. The van der Waals surface area contributed by atoms with Crippen molar-refractivity contribution in [1.82, 2.24) is 10.3 Å². The van der Waals surface area contributed by atoms with Crippen LogP contribution in [-0.4, -0.2) is 18.6 Å². The zero-order chi connectivity index (χ0) is 14.4. The molecule has 3 nitrogen and oxygen atoms in total. The zero-order valence-electron chi connectivity index (χ0n) is 11.8. The summed E-state index contributed by atoms with van der Waals surface area (Å²) in [6.07, 6.45) is 2.46. The molecule has 0 saturated heterocycles. The molecule has 1 heterocycles. The third-order valence-electron chi connectivity index (χ3n) is 3.15. The molecule has 0 amide bonds. The van der Waals surface area contributed by atoms with Crippen molar-refractivity contribution in [2.24, 2.45) is 0 Å². The van der Waals surface area contributed by atoms with E-state index in [4.69, 9.17) is 4.74 Å². The molecule has 0 saturated carbocycles. The summed E-state index contributed by atoms with van der Waals surface area (Å²) in [5.74, 6) is -0.0622. The molecule has 2 rings (SSSR count). The maximum Gasteiger partial charge on any atom is 0.165 e. The summed E-state index contributed by atoms with van der Waals surface area (Å²) in [5.41, 5.74) is 1.88. The SMILES string of the molecule is CCNC(Cc1ccc(OC)c(F)c1)c1ccccn1. The number of methoxy groups -OCH3 is 1. The number of aromatic nitrogens is 1. The van der Waals surface area contributed by atoms with Gasteiger partial charge in [-0.3, -0.25) is 4.98 Å². The van der Waals surface area contributed by atoms with Crippen LogP contribution in [0.1, 0.15) is 24.2 Å². The largest absolute Gasteiger partial charge is 0.494 e. The number of pyridine rings is 1. The Morgan fingerprint density at radius 2 is 2.15 bits per heavy atom. The fraction of sp³-hybridized carbons (Fsp3) is 0.312. The number of rotatable bonds is 6. The molecule has 0 bridgehead atoms. The van der Waals surface area contributed by atoms with Crippen molar-refractivity contribution in [3.63, 3.8) is 0 Å². The van der Waals surface area contributed by atoms with Crippen LogP contribution >= 0.6 is 0 Å². The molecular weight excluding hydrogens is 255 g/mol. The Hall–Kier alpha value is -1.94. The van der Waals surface area contributed by atoms with Crippen LogP contribution < -0.4 is 10.1 Å². The number of hydrogen-bond donors (Lipinski definition) is 1. The molecule has 1 aromatic carbocycles. The van der Waals surface area contributed by atoms with Gasteiger partial charge in [-0.2, -0.15) is 0 Å². The summed E-state index contributed by atoms with van der Waals surface area (Å²) in [6.45, 7) is 2.88. The Balaban J connectivity index is 2.18. The molecule has 1 atom stereocenters. The van der Waals surface area contributed by atoms with E-state index in [-0.39, 0.29) is 17.6 Å². The lowest BCUT2D eigenvalue weighted by Gasteiger charge is -2.17. The monoisotopic (exact) mass is 274 g/mol. The van der Waals surface area contributed by atoms with Gasteiger partial charge in [0.15, 0.2) is 11.6 Å². The van der Waals surface area contributed by atoms with Crippen molar-refractivity contribution in [2.75, 3.05) is 13.7 Å². The first-order chi connectivity index (χ1) is 9.74. The number of halogens is 1. The molecule has 1 aromatic heterocycles. The summed E-state index contributed by atoms with van der Waals surface area (Å²) < 4.78 is 18.7. The number of nitrogens with zero attached hydrogens (tertiary/aromatic N) is 1. The molecule has 0 aliphatic heterocycles. The highest BCUT2D eigenvalue weighted by atomic mass is 19.1. The van der Waals surface area contributed by atoms with E-state index in [1.165, 1.54) is 13.2 Å². The number of hydrogen-bond acceptors (Lipinski definition) is 3. The lowest BCUT2D eigenvalue weighted by atomic mass is 10.0. The fourth-order valence-corrected chi connectivity index (χ4v) is 2.18. The van der Waals surface area contributed by atoms with Crippen molar-refractivity contribution in [1.29, 1.82) is 0 Å². The second-order valence-electron chi connectivity index (χ2n) is 4.54. The molecule has 1 N–H and O–H groups in total. The molecule has 4 heteroatoms. The van der Waals surface area contributed by atoms with Crippen LogP contribution in [0.3, 0.4) is 0 Å². The summed E-state index contributed by atoms with van der Waals surface area (Å²) in [4.78, 5) is 4.37. The van der Waals surface area contributed by atoms with Crippen LogP contribution in [0.15, 0.2) is 42.6 Å². The van der Waals surface area contributed by atoms with Crippen molar-refractivity contribution in [3.8, 4) is 5.75 Å². The summed E-state index contributed by atoms with van der Waals surface area (Å²) in [7, 11) is 1.47. The minimum atomic E-state index is -0.332. The van der Waals surface area contributed by atoms with E-state index < -0.39 is 0 Å². The summed E-state index contributed by atoms with van der Waals surface area (Å²) in [6, 6.07) is 11.0. The highest BCUT2D eigenvalue weighted by Gasteiger charge is 2.13. The van der Waals surface area contributed by atoms with Gasteiger partial charge in [0.2, 0.25) is 0 Å². The van der Waals surface area contributed by atoms with Crippen LogP contribution in [0.5, 0.6) is 5.75 Å². The highest BCUT2D eigenvalue weighted by molar-refractivity contribution is 5.30. The van der Waals surface area contributed by atoms with Gasteiger partial charge >= 0.3 is 0 Å². The molecule has 0 aliphatic carbocycles. The van der Waals surface area contributed by atoms with Crippen molar-refractivity contribution in [2.45, 2.75) is 19.4 Å². The minimum absolute atomic E-state index is 0.0778. The Bertz CT molecular complexity index is 545. The Morgan fingerprint density at radius 3 is 2.75 bits per heavy atom. The Morgan fingerprint density at radius 1 is 1.30 bits per heavy atom. The molecule has 2 aromatic rings. The number of ether oxygens (including phenoxy) is 1.